The topological polar surface area (TPSA) is 78.4 Å². The van der Waals surface area contributed by atoms with E-state index in [9.17, 15) is 14.0 Å². The number of hydrogen-bond donors (Lipinski definition) is 3. The van der Waals surface area contributed by atoms with Gasteiger partial charge in [-0.2, -0.15) is 0 Å². The van der Waals surface area contributed by atoms with Crippen molar-refractivity contribution in [2.24, 2.45) is 0 Å². The predicted octanol–water partition coefficient (Wildman–Crippen LogP) is 0.337. The molecule has 0 saturated heterocycles. The molecule has 0 saturated carbocycles. The minimum absolute atomic E-state index is 0.206. The Labute approximate surface area is 91.2 Å². The number of amides is 2. The zero-order valence-corrected chi connectivity index (χ0v) is 8.37. The molecule has 0 unspecified atom stereocenters. The molecule has 0 radical (unpaired) electrons. The molecule has 1 aromatic rings. The molecule has 0 bridgehead atoms. The highest BCUT2D eigenvalue weighted by Crippen LogP contribution is 2.01. The standard InChI is InChI=1S/C10H11FN2O3/c11-8-3-1-7(2-4-8)6-12-9(14)5-10(15)13-16/h1-4,16H,5-6H2,(H,12,14)(H,13,15). The van der Waals surface area contributed by atoms with E-state index in [4.69, 9.17) is 5.21 Å². The van der Waals surface area contributed by atoms with Crippen molar-refractivity contribution < 1.29 is 19.2 Å². The van der Waals surface area contributed by atoms with Crippen molar-refractivity contribution in [3.8, 4) is 0 Å². The summed E-state index contributed by atoms with van der Waals surface area (Å²) in [5.74, 6) is -1.65. The summed E-state index contributed by atoms with van der Waals surface area (Å²) in [4.78, 5) is 21.7. The van der Waals surface area contributed by atoms with Crippen molar-refractivity contribution >= 4 is 11.8 Å². The maximum absolute atomic E-state index is 12.5. The van der Waals surface area contributed by atoms with Crippen LogP contribution in [0.15, 0.2) is 24.3 Å². The number of nitrogens with one attached hydrogen (secondary N) is 2. The molecule has 16 heavy (non-hydrogen) atoms. The fraction of sp³-hybridized carbons (Fsp3) is 0.200. The summed E-state index contributed by atoms with van der Waals surface area (Å²) in [6, 6.07) is 5.62. The van der Waals surface area contributed by atoms with Gasteiger partial charge in [-0.15, -0.1) is 0 Å². The van der Waals surface area contributed by atoms with Gasteiger partial charge in [0.2, 0.25) is 5.91 Å². The van der Waals surface area contributed by atoms with Crippen LogP contribution in [0.3, 0.4) is 0 Å². The molecule has 2 amide bonds. The summed E-state index contributed by atoms with van der Waals surface area (Å²) in [5, 5.41) is 10.6. The van der Waals surface area contributed by atoms with E-state index in [0.717, 1.165) is 5.56 Å². The molecule has 0 heterocycles. The summed E-state index contributed by atoms with van der Waals surface area (Å²) in [5.41, 5.74) is 2.07. The lowest BCUT2D eigenvalue weighted by atomic mass is 10.2. The van der Waals surface area contributed by atoms with E-state index in [1.807, 2.05) is 0 Å². The molecule has 0 fully saturated rings. The first-order valence-electron chi connectivity index (χ1n) is 4.56. The van der Waals surface area contributed by atoms with Gasteiger partial charge in [0.05, 0.1) is 0 Å². The SMILES string of the molecule is O=C(CC(=O)NCc1ccc(F)cc1)NO. The Morgan fingerprint density at radius 1 is 1.19 bits per heavy atom. The van der Waals surface area contributed by atoms with Crippen molar-refractivity contribution in [3.63, 3.8) is 0 Å². The first-order valence-corrected chi connectivity index (χ1v) is 4.56. The molecule has 0 aliphatic heterocycles. The number of hydrogen-bond acceptors (Lipinski definition) is 3. The Hall–Kier alpha value is -1.95. The van der Waals surface area contributed by atoms with Crippen LogP contribution in [0, 0.1) is 5.82 Å². The van der Waals surface area contributed by atoms with Crippen LogP contribution in [-0.2, 0) is 16.1 Å². The van der Waals surface area contributed by atoms with Crippen LogP contribution >= 0.6 is 0 Å². The first kappa shape index (κ1) is 12.1. The minimum Gasteiger partial charge on any atom is -0.352 e. The van der Waals surface area contributed by atoms with Gasteiger partial charge in [-0.25, -0.2) is 9.87 Å². The molecule has 1 rings (SSSR count). The second-order valence-corrected chi connectivity index (χ2v) is 3.11. The van der Waals surface area contributed by atoms with Gasteiger partial charge in [0.25, 0.3) is 5.91 Å². The second kappa shape index (κ2) is 5.82. The Bertz CT molecular complexity index is 378. The lowest BCUT2D eigenvalue weighted by Gasteiger charge is -2.04. The summed E-state index contributed by atoms with van der Waals surface area (Å²) in [7, 11) is 0. The Morgan fingerprint density at radius 2 is 1.81 bits per heavy atom. The van der Waals surface area contributed by atoms with Gasteiger partial charge in [-0.1, -0.05) is 12.1 Å². The zero-order chi connectivity index (χ0) is 12.0. The molecule has 86 valence electrons. The van der Waals surface area contributed by atoms with Crippen molar-refractivity contribution in [3.05, 3.63) is 35.6 Å². The lowest BCUT2D eigenvalue weighted by Crippen LogP contribution is -2.30. The lowest BCUT2D eigenvalue weighted by molar-refractivity contribution is -0.134. The van der Waals surface area contributed by atoms with Crippen molar-refractivity contribution in [1.82, 2.24) is 10.8 Å². The number of carbonyl (C=O) groups excluding carboxylic acids is 2. The van der Waals surface area contributed by atoms with Crippen LogP contribution < -0.4 is 10.8 Å². The van der Waals surface area contributed by atoms with E-state index in [1.165, 1.54) is 29.7 Å². The normalized spacial score (nSPS) is 9.62. The van der Waals surface area contributed by atoms with E-state index in [0.29, 0.717) is 0 Å². The van der Waals surface area contributed by atoms with E-state index in [2.05, 4.69) is 5.32 Å². The molecule has 0 spiro atoms. The van der Waals surface area contributed by atoms with Crippen LogP contribution in [-0.4, -0.2) is 17.0 Å². The third kappa shape index (κ3) is 4.05. The van der Waals surface area contributed by atoms with Crippen LogP contribution in [0.1, 0.15) is 12.0 Å². The molecule has 0 aromatic heterocycles. The monoisotopic (exact) mass is 226 g/mol. The van der Waals surface area contributed by atoms with Crippen LogP contribution in [0.5, 0.6) is 0 Å². The van der Waals surface area contributed by atoms with E-state index in [-0.39, 0.29) is 12.4 Å². The molecular weight excluding hydrogens is 215 g/mol. The van der Waals surface area contributed by atoms with Gasteiger partial charge in [0, 0.05) is 6.54 Å². The first-order chi connectivity index (χ1) is 7.61. The van der Waals surface area contributed by atoms with Crippen molar-refractivity contribution in [2.45, 2.75) is 13.0 Å². The Morgan fingerprint density at radius 3 is 2.38 bits per heavy atom. The summed E-state index contributed by atoms with van der Waals surface area (Å²) in [6.07, 6.45) is -0.447. The van der Waals surface area contributed by atoms with Gasteiger partial charge < -0.3 is 5.32 Å². The second-order valence-electron chi connectivity index (χ2n) is 3.11. The maximum atomic E-state index is 12.5. The van der Waals surface area contributed by atoms with Crippen LogP contribution in [0.4, 0.5) is 4.39 Å². The van der Waals surface area contributed by atoms with Gasteiger partial charge in [-0.05, 0) is 17.7 Å². The van der Waals surface area contributed by atoms with Gasteiger partial charge in [0.15, 0.2) is 0 Å². The molecule has 5 nitrogen and oxygen atoms in total. The smallest absolute Gasteiger partial charge is 0.252 e. The van der Waals surface area contributed by atoms with E-state index < -0.39 is 18.2 Å². The number of benzene rings is 1. The number of hydroxylamine groups is 1. The molecule has 1 aromatic carbocycles. The summed E-state index contributed by atoms with van der Waals surface area (Å²) in [6.45, 7) is 0.206. The maximum Gasteiger partial charge on any atom is 0.252 e. The molecule has 0 atom stereocenters. The number of halogens is 1. The van der Waals surface area contributed by atoms with E-state index >= 15 is 0 Å². The van der Waals surface area contributed by atoms with Crippen molar-refractivity contribution in [1.29, 1.82) is 0 Å². The zero-order valence-electron chi connectivity index (χ0n) is 8.37. The highest BCUT2D eigenvalue weighted by Gasteiger charge is 2.07. The predicted molar refractivity (Wildman–Crippen MR) is 52.8 cm³/mol. The molecular formula is C10H11FN2O3. The van der Waals surface area contributed by atoms with Gasteiger partial charge in [0.1, 0.15) is 12.2 Å². The quantitative estimate of drug-likeness (QED) is 0.393. The fourth-order valence-corrected chi connectivity index (χ4v) is 1.05. The van der Waals surface area contributed by atoms with Crippen LogP contribution in [0.2, 0.25) is 0 Å². The average Bonchev–Trinajstić information content (AvgIpc) is 2.28. The Kier molecular flexibility index (Phi) is 4.41. The number of carbonyl (C=O) groups is 2. The highest BCUT2D eigenvalue weighted by atomic mass is 19.1. The summed E-state index contributed by atoms with van der Waals surface area (Å²) >= 11 is 0. The molecule has 0 aliphatic rings. The minimum atomic E-state index is -0.781. The van der Waals surface area contributed by atoms with E-state index in [1.54, 1.807) is 0 Å². The van der Waals surface area contributed by atoms with Gasteiger partial charge in [-0.3, -0.25) is 14.8 Å². The van der Waals surface area contributed by atoms with Crippen LogP contribution in [0.25, 0.3) is 0 Å². The number of rotatable bonds is 4. The Balaban J connectivity index is 2.37. The third-order valence-corrected chi connectivity index (χ3v) is 1.85. The largest absolute Gasteiger partial charge is 0.352 e. The molecule has 6 heteroatoms. The third-order valence-electron chi connectivity index (χ3n) is 1.85. The molecule has 3 N–H and O–H groups in total. The summed E-state index contributed by atoms with van der Waals surface area (Å²) < 4.78 is 12.5. The highest BCUT2D eigenvalue weighted by molar-refractivity contribution is 5.96. The van der Waals surface area contributed by atoms with Gasteiger partial charge >= 0.3 is 0 Å². The molecule has 0 aliphatic carbocycles. The average molecular weight is 226 g/mol. The fourth-order valence-electron chi connectivity index (χ4n) is 1.05. The van der Waals surface area contributed by atoms with Crippen molar-refractivity contribution in [2.75, 3.05) is 0 Å².